The first-order chi connectivity index (χ1) is 15.5. The van der Waals surface area contributed by atoms with Crippen molar-refractivity contribution in [2.75, 3.05) is 31.6 Å². The molecule has 2 aliphatic rings. The first-order valence-electron chi connectivity index (χ1n) is 10.4. The predicted molar refractivity (Wildman–Crippen MR) is 119 cm³/mol. The van der Waals surface area contributed by atoms with Gasteiger partial charge in [0.2, 0.25) is 15.9 Å². The standard InChI is InChI=1S/C24H22N2O5S/c27-24(23-19-8-1-3-10-21(19)31-22-11-4-2-9-20(22)23)25-17-6-5-7-18(16-17)32(28,29)26-12-14-30-15-13-26/h1-11,16,23H,12-15H2,(H,25,27). The zero-order valence-electron chi connectivity index (χ0n) is 17.2. The van der Waals surface area contributed by atoms with E-state index in [-0.39, 0.29) is 10.8 Å². The maximum atomic E-state index is 13.4. The van der Waals surface area contributed by atoms with E-state index < -0.39 is 15.9 Å². The van der Waals surface area contributed by atoms with Crippen LogP contribution in [0.15, 0.2) is 77.7 Å². The molecule has 2 heterocycles. The Hall–Kier alpha value is -3.20. The second kappa shape index (κ2) is 8.38. The van der Waals surface area contributed by atoms with Crippen LogP contribution in [0.25, 0.3) is 0 Å². The van der Waals surface area contributed by atoms with Crippen molar-refractivity contribution in [3.8, 4) is 11.5 Å². The number of nitrogens with zero attached hydrogens (tertiary/aromatic N) is 1. The summed E-state index contributed by atoms with van der Waals surface area (Å²) in [7, 11) is -3.66. The average Bonchev–Trinajstić information content (AvgIpc) is 2.83. The monoisotopic (exact) mass is 450 g/mol. The van der Waals surface area contributed by atoms with Crippen LogP contribution in [0, 0.1) is 0 Å². The molecule has 0 saturated carbocycles. The van der Waals surface area contributed by atoms with Crippen molar-refractivity contribution in [2.45, 2.75) is 10.8 Å². The van der Waals surface area contributed by atoms with Gasteiger partial charge >= 0.3 is 0 Å². The van der Waals surface area contributed by atoms with Crippen LogP contribution in [0.4, 0.5) is 5.69 Å². The molecule has 0 atom stereocenters. The molecule has 5 rings (SSSR count). The number of carbonyl (C=O) groups is 1. The first kappa shape index (κ1) is 20.7. The Kier molecular flexibility index (Phi) is 5.42. The van der Waals surface area contributed by atoms with Crippen molar-refractivity contribution in [1.29, 1.82) is 0 Å². The summed E-state index contributed by atoms with van der Waals surface area (Å²) in [6.07, 6.45) is 0. The fourth-order valence-corrected chi connectivity index (χ4v) is 5.53. The third kappa shape index (κ3) is 3.77. The molecule has 164 valence electrons. The van der Waals surface area contributed by atoms with Gasteiger partial charge < -0.3 is 14.8 Å². The van der Waals surface area contributed by atoms with Gasteiger partial charge in [0.1, 0.15) is 11.5 Å². The van der Waals surface area contributed by atoms with Crippen molar-refractivity contribution < 1.29 is 22.7 Å². The van der Waals surface area contributed by atoms with Gasteiger partial charge in [-0.15, -0.1) is 0 Å². The van der Waals surface area contributed by atoms with Gasteiger partial charge in [-0.05, 0) is 30.3 Å². The Labute approximate surface area is 186 Å². The number of hydrogen-bond donors (Lipinski definition) is 1. The summed E-state index contributed by atoms with van der Waals surface area (Å²) in [5, 5.41) is 2.91. The third-order valence-corrected chi connectivity index (χ3v) is 7.55. The van der Waals surface area contributed by atoms with Gasteiger partial charge in [0.15, 0.2) is 0 Å². The minimum atomic E-state index is -3.66. The van der Waals surface area contributed by atoms with E-state index in [0.29, 0.717) is 43.5 Å². The van der Waals surface area contributed by atoms with Crippen LogP contribution in [0.5, 0.6) is 11.5 Å². The van der Waals surface area contributed by atoms with Crippen LogP contribution in [0.2, 0.25) is 0 Å². The fourth-order valence-electron chi connectivity index (χ4n) is 4.08. The Morgan fingerprint density at radius 2 is 1.50 bits per heavy atom. The molecule has 1 fully saturated rings. The number of nitrogens with one attached hydrogen (secondary N) is 1. The Bertz CT molecular complexity index is 1220. The summed E-state index contributed by atoms with van der Waals surface area (Å²) in [4.78, 5) is 13.6. The van der Waals surface area contributed by atoms with Gasteiger partial charge in [0, 0.05) is 29.9 Å². The number of anilines is 1. The minimum absolute atomic E-state index is 0.143. The number of amides is 1. The van der Waals surface area contributed by atoms with E-state index in [0.717, 1.165) is 11.1 Å². The molecule has 3 aromatic carbocycles. The van der Waals surface area contributed by atoms with Gasteiger partial charge in [-0.2, -0.15) is 4.31 Å². The van der Waals surface area contributed by atoms with Gasteiger partial charge in [-0.1, -0.05) is 42.5 Å². The summed E-state index contributed by atoms with van der Waals surface area (Å²) in [6, 6.07) is 21.2. The largest absolute Gasteiger partial charge is 0.457 e. The second-order valence-corrected chi connectivity index (χ2v) is 9.58. The molecule has 2 aliphatic heterocycles. The molecular formula is C24H22N2O5S. The number of benzene rings is 3. The lowest BCUT2D eigenvalue weighted by molar-refractivity contribution is -0.116. The van der Waals surface area contributed by atoms with Crippen LogP contribution in [0.1, 0.15) is 17.0 Å². The summed E-state index contributed by atoms with van der Waals surface area (Å²) in [6.45, 7) is 1.37. The SMILES string of the molecule is O=C(Nc1cccc(S(=O)(=O)N2CCOCC2)c1)C1c2ccccc2Oc2ccccc21. The van der Waals surface area contributed by atoms with Gasteiger partial charge in [0.05, 0.1) is 24.0 Å². The van der Waals surface area contributed by atoms with E-state index in [4.69, 9.17) is 9.47 Å². The number of carbonyl (C=O) groups excluding carboxylic acids is 1. The minimum Gasteiger partial charge on any atom is -0.457 e. The van der Waals surface area contributed by atoms with Gasteiger partial charge in [-0.25, -0.2) is 8.42 Å². The average molecular weight is 451 g/mol. The molecule has 3 aromatic rings. The van der Waals surface area contributed by atoms with Crippen LogP contribution < -0.4 is 10.1 Å². The fraction of sp³-hybridized carbons (Fsp3) is 0.208. The summed E-state index contributed by atoms with van der Waals surface area (Å²) in [5.41, 5.74) is 1.95. The summed E-state index contributed by atoms with van der Waals surface area (Å²) in [5.74, 6) is 0.440. The molecule has 1 N–H and O–H groups in total. The van der Waals surface area contributed by atoms with E-state index >= 15 is 0 Å². The third-order valence-electron chi connectivity index (χ3n) is 5.65. The molecule has 32 heavy (non-hydrogen) atoms. The number of para-hydroxylation sites is 2. The normalized spacial score (nSPS) is 16.5. The summed E-state index contributed by atoms with van der Waals surface area (Å²) < 4.78 is 38.6. The zero-order chi connectivity index (χ0) is 22.1. The molecule has 1 amide bonds. The predicted octanol–water partition coefficient (Wildman–Crippen LogP) is 3.58. The van der Waals surface area contributed by atoms with Crippen LogP contribution in [-0.2, 0) is 19.6 Å². The number of hydrogen-bond acceptors (Lipinski definition) is 5. The second-order valence-electron chi connectivity index (χ2n) is 7.64. The van der Waals surface area contributed by atoms with E-state index in [9.17, 15) is 13.2 Å². The maximum Gasteiger partial charge on any atom is 0.243 e. The Morgan fingerprint density at radius 1 is 0.875 bits per heavy atom. The lowest BCUT2D eigenvalue weighted by atomic mass is 9.87. The van der Waals surface area contributed by atoms with E-state index in [1.807, 2.05) is 48.5 Å². The first-order valence-corrected chi connectivity index (χ1v) is 11.8. The molecule has 0 spiro atoms. The number of morpholine rings is 1. The molecule has 0 aromatic heterocycles. The highest BCUT2D eigenvalue weighted by Crippen LogP contribution is 2.44. The molecule has 0 aliphatic carbocycles. The van der Waals surface area contributed by atoms with E-state index in [2.05, 4.69) is 5.32 Å². The quantitative estimate of drug-likeness (QED) is 0.657. The van der Waals surface area contributed by atoms with Crippen LogP contribution in [-0.4, -0.2) is 44.9 Å². The van der Waals surface area contributed by atoms with Crippen molar-refractivity contribution in [2.24, 2.45) is 0 Å². The summed E-state index contributed by atoms with van der Waals surface area (Å²) >= 11 is 0. The maximum absolute atomic E-state index is 13.4. The molecule has 0 radical (unpaired) electrons. The zero-order valence-corrected chi connectivity index (χ0v) is 18.0. The number of ether oxygens (including phenoxy) is 2. The van der Waals surface area contributed by atoms with Gasteiger partial charge in [0.25, 0.3) is 0 Å². The van der Waals surface area contributed by atoms with Crippen molar-refractivity contribution in [3.63, 3.8) is 0 Å². The van der Waals surface area contributed by atoms with Crippen molar-refractivity contribution in [3.05, 3.63) is 83.9 Å². The lowest BCUT2D eigenvalue weighted by Crippen LogP contribution is -2.40. The molecule has 8 heteroatoms. The van der Waals surface area contributed by atoms with Crippen LogP contribution >= 0.6 is 0 Å². The molecule has 7 nitrogen and oxygen atoms in total. The molecular weight excluding hydrogens is 428 g/mol. The number of sulfonamides is 1. The highest BCUT2D eigenvalue weighted by molar-refractivity contribution is 7.89. The molecule has 0 unspecified atom stereocenters. The Balaban J connectivity index is 1.45. The van der Waals surface area contributed by atoms with Gasteiger partial charge in [-0.3, -0.25) is 4.79 Å². The van der Waals surface area contributed by atoms with E-state index in [1.54, 1.807) is 18.2 Å². The Morgan fingerprint density at radius 3 is 2.16 bits per heavy atom. The van der Waals surface area contributed by atoms with E-state index in [1.165, 1.54) is 10.4 Å². The number of rotatable bonds is 4. The molecule has 1 saturated heterocycles. The topological polar surface area (TPSA) is 84.9 Å². The lowest BCUT2D eigenvalue weighted by Gasteiger charge is -2.27. The highest BCUT2D eigenvalue weighted by Gasteiger charge is 2.33. The van der Waals surface area contributed by atoms with Crippen molar-refractivity contribution in [1.82, 2.24) is 4.31 Å². The van der Waals surface area contributed by atoms with Crippen LogP contribution in [0.3, 0.4) is 0 Å². The molecule has 0 bridgehead atoms. The van der Waals surface area contributed by atoms with Crippen molar-refractivity contribution >= 4 is 21.6 Å². The number of fused-ring (bicyclic) bond motifs is 2. The highest BCUT2D eigenvalue weighted by atomic mass is 32.2. The smallest absolute Gasteiger partial charge is 0.243 e.